The van der Waals surface area contributed by atoms with Crippen molar-refractivity contribution in [3.05, 3.63) is 59.7 Å². The van der Waals surface area contributed by atoms with E-state index < -0.39 is 30.8 Å². The van der Waals surface area contributed by atoms with Crippen LogP contribution in [0.5, 0.6) is 5.75 Å². The summed E-state index contributed by atoms with van der Waals surface area (Å²) in [5.41, 5.74) is 1.62. The van der Waals surface area contributed by atoms with Crippen molar-refractivity contribution in [1.29, 1.82) is 0 Å². The number of halogens is 3. The standard InChI is InChI=1S/C21H21F3N2O4/c1-13(11-29-12-21(22,23)24)25-19(27)15-6-4-7-16(9-15)26-20(28)18-10-14-5-2-3-8-17(14)30-18/h2-9,13,18H,10-12H2,1H3,(H,25,27)(H,26,28). The van der Waals surface area contributed by atoms with Gasteiger partial charge in [-0.15, -0.1) is 0 Å². The average molecular weight is 422 g/mol. The molecule has 2 unspecified atom stereocenters. The highest BCUT2D eigenvalue weighted by molar-refractivity contribution is 5.98. The third-order valence-electron chi connectivity index (χ3n) is 4.34. The molecule has 6 nitrogen and oxygen atoms in total. The molecule has 0 bridgehead atoms. The number of carbonyl (C=O) groups excluding carboxylic acids is 2. The largest absolute Gasteiger partial charge is 0.480 e. The molecule has 0 saturated carbocycles. The molecule has 0 radical (unpaired) electrons. The van der Waals surface area contributed by atoms with Gasteiger partial charge < -0.3 is 20.1 Å². The van der Waals surface area contributed by atoms with Crippen LogP contribution < -0.4 is 15.4 Å². The number of rotatable bonds is 7. The van der Waals surface area contributed by atoms with Gasteiger partial charge in [-0.2, -0.15) is 13.2 Å². The number of hydrogen-bond acceptors (Lipinski definition) is 4. The molecule has 30 heavy (non-hydrogen) atoms. The van der Waals surface area contributed by atoms with Crippen LogP contribution in [-0.2, 0) is 16.0 Å². The molecule has 2 aromatic rings. The van der Waals surface area contributed by atoms with Gasteiger partial charge in [0.1, 0.15) is 12.4 Å². The number of nitrogens with one attached hydrogen (secondary N) is 2. The lowest BCUT2D eigenvalue weighted by Gasteiger charge is -2.16. The van der Waals surface area contributed by atoms with Gasteiger partial charge in [-0.25, -0.2) is 0 Å². The van der Waals surface area contributed by atoms with Crippen LogP contribution in [0.2, 0.25) is 0 Å². The van der Waals surface area contributed by atoms with Gasteiger partial charge in [0, 0.05) is 23.7 Å². The van der Waals surface area contributed by atoms with Crippen molar-refractivity contribution >= 4 is 17.5 Å². The highest BCUT2D eigenvalue weighted by Crippen LogP contribution is 2.28. The topological polar surface area (TPSA) is 76.7 Å². The van der Waals surface area contributed by atoms with Gasteiger partial charge in [0.15, 0.2) is 6.10 Å². The second-order valence-corrected chi connectivity index (χ2v) is 6.99. The lowest BCUT2D eigenvalue weighted by Crippen LogP contribution is -2.37. The van der Waals surface area contributed by atoms with E-state index >= 15 is 0 Å². The number of carbonyl (C=O) groups is 2. The molecule has 0 aromatic heterocycles. The Balaban J connectivity index is 1.53. The third kappa shape index (κ3) is 5.96. The van der Waals surface area contributed by atoms with Crippen molar-refractivity contribution in [3.63, 3.8) is 0 Å². The second-order valence-electron chi connectivity index (χ2n) is 6.99. The number of amides is 2. The monoisotopic (exact) mass is 422 g/mol. The van der Waals surface area contributed by atoms with Crippen LogP contribution in [0.3, 0.4) is 0 Å². The van der Waals surface area contributed by atoms with Crippen LogP contribution in [0.4, 0.5) is 18.9 Å². The minimum absolute atomic E-state index is 0.256. The molecule has 3 rings (SSSR count). The first-order chi connectivity index (χ1) is 14.2. The number of ether oxygens (including phenoxy) is 2. The van der Waals surface area contributed by atoms with E-state index in [0.29, 0.717) is 17.9 Å². The van der Waals surface area contributed by atoms with E-state index in [4.69, 9.17) is 4.74 Å². The van der Waals surface area contributed by atoms with Gasteiger partial charge in [0.25, 0.3) is 11.8 Å². The molecule has 1 heterocycles. The van der Waals surface area contributed by atoms with E-state index in [9.17, 15) is 22.8 Å². The van der Waals surface area contributed by atoms with E-state index in [1.54, 1.807) is 18.2 Å². The molecule has 0 fully saturated rings. The number of fused-ring (bicyclic) bond motifs is 1. The molecule has 1 aliphatic heterocycles. The smallest absolute Gasteiger partial charge is 0.411 e. The van der Waals surface area contributed by atoms with Crippen LogP contribution >= 0.6 is 0 Å². The maximum absolute atomic E-state index is 12.5. The summed E-state index contributed by atoms with van der Waals surface area (Å²) in [5, 5.41) is 5.29. The van der Waals surface area contributed by atoms with E-state index in [1.807, 2.05) is 18.2 Å². The Kier molecular flexibility index (Phi) is 6.61. The molecule has 2 N–H and O–H groups in total. The predicted molar refractivity (Wildman–Crippen MR) is 103 cm³/mol. The van der Waals surface area contributed by atoms with Crippen molar-refractivity contribution in [1.82, 2.24) is 5.32 Å². The maximum Gasteiger partial charge on any atom is 0.411 e. The first-order valence-corrected chi connectivity index (χ1v) is 9.32. The Morgan fingerprint density at radius 1 is 1.20 bits per heavy atom. The first-order valence-electron chi connectivity index (χ1n) is 9.32. The van der Waals surface area contributed by atoms with Crippen molar-refractivity contribution in [2.45, 2.75) is 31.7 Å². The molecule has 0 saturated heterocycles. The van der Waals surface area contributed by atoms with E-state index in [0.717, 1.165) is 5.56 Å². The normalized spacial score (nSPS) is 16.3. The predicted octanol–water partition coefficient (Wildman–Crippen LogP) is 3.33. The summed E-state index contributed by atoms with van der Waals surface area (Å²) >= 11 is 0. The molecule has 2 atom stereocenters. The van der Waals surface area contributed by atoms with Gasteiger partial charge in [-0.1, -0.05) is 24.3 Å². The number of alkyl halides is 3. The molecule has 2 amide bonds. The Bertz CT molecular complexity index is 892. The number of anilines is 1. The Labute approximate surface area is 171 Å². The van der Waals surface area contributed by atoms with E-state index in [-0.39, 0.29) is 18.1 Å². The van der Waals surface area contributed by atoms with Gasteiger partial charge in [-0.05, 0) is 36.8 Å². The fraction of sp³-hybridized carbons (Fsp3) is 0.333. The number of para-hydroxylation sites is 1. The third-order valence-corrected chi connectivity index (χ3v) is 4.34. The Hall–Kier alpha value is -3.07. The van der Waals surface area contributed by atoms with E-state index in [2.05, 4.69) is 15.4 Å². The average Bonchev–Trinajstić information content (AvgIpc) is 3.11. The van der Waals surface area contributed by atoms with Gasteiger partial charge in [0.2, 0.25) is 0 Å². The zero-order valence-electron chi connectivity index (χ0n) is 16.2. The van der Waals surface area contributed by atoms with Crippen LogP contribution in [0.25, 0.3) is 0 Å². The fourth-order valence-corrected chi connectivity index (χ4v) is 2.99. The summed E-state index contributed by atoms with van der Waals surface area (Å²) in [7, 11) is 0. The summed E-state index contributed by atoms with van der Waals surface area (Å²) < 4.78 is 46.5. The molecule has 9 heteroatoms. The van der Waals surface area contributed by atoms with Crippen molar-refractivity contribution in [2.75, 3.05) is 18.5 Å². The zero-order chi connectivity index (χ0) is 21.7. The zero-order valence-corrected chi connectivity index (χ0v) is 16.2. The van der Waals surface area contributed by atoms with Crippen LogP contribution in [-0.4, -0.2) is 43.4 Å². The maximum atomic E-state index is 12.5. The van der Waals surface area contributed by atoms with Gasteiger partial charge >= 0.3 is 6.18 Å². The molecular weight excluding hydrogens is 401 g/mol. The highest BCUT2D eigenvalue weighted by Gasteiger charge is 2.29. The van der Waals surface area contributed by atoms with Crippen molar-refractivity contribution < 1.29 is 32.2 Å². The van der Waals surface area contributed by atoms with Crippen molar-refractivity contribution in [2.24, 2.45) is 0 Å². The fourth-order valence-electron chi connectivity index (χ4n) is 2.99. The molecule has 0 aliphatic carbocycles. The molecular formula is C21H21F3N2O4. The summed E-state index contributed by atoms with van der Waals surface area (Å²) in [4.78, 5) is 24.8. The molecule has 1 aliphatic rings. The minimum Gasteiger partial charge on any atom is -0.480 e. The SMILES string of the molecule is CC(COCC(F)(F)F)NC(=O)c1cccc(NC(=O)C2Cc3ccccc3O2)c1. The van der Waals surface area contributed by atoms with Crippen LogP contribution in [0.15, 0.2) is 48.5 Å². The number of hydrogen-bond donors (Lipinski definition) is 2. The lowest BCUT2D eigenvalue weighted by atomic mass is 10.1. The van der Waals surface area contributed by atoms with Gasteiger partial charge in [-0.3, -0.25) is 9.59 Å². The summed E-state index contributed by atoms with van der Waals surface area (Å²) in [6.45, 7) is -0.113. The highest BCUT2D eigenvalue weighted by atomic mass is 19.4. The van der Waals surface area contributed by atoms with E-state index in [1.165, 1.54) is 19.1 Å². The van der Waals surface area contributed by atoms with Crippen LogP contribution in [0.1, 0.15) is 22.8 Å². The molecule has 0 spiro atoms. The van der Waals surface area contributed by atoms with Crippen molar-refractivity contribution in [3.8, 4) is 5.75 Å². The minimum atomic E-state index is -4.42. The Morgan fingerprint density at radius 2 is 1.97 bits per heavy atom. The summed E-state index contributed by atoms with van der Waals surface area (Å²) in [5.74, 6) is -0.149. The molecule has 160 valence electrons. The summed E-state index contributed by atoms with van der Waals surface area (Å²) in [6.07, 6.45) is -4.62. The summed E-state index contributed by atoms with van der Waals surface area (Å²) in [6, 6.07) is 13.0. The lowest BCUT2D eigenvalue weighted by molar-refractivity contribution is -0.174. The van der Waals surface area contributed by atoms with Crippen LogP contribution in [0, 0.1) is 0 Å². The quantitative estimate of drug-likeness (QED) is 0.718. The Morgan fingerprint density at radius 3 is 2.70 bits per heavy atom. The second kappa shape index (κ2) is 9.17. The number of benzene rings is 2. The molecule has 2 aromatic carbocycles. The van der Waals surface area contributed by atoms with Gasteiger partial charge in [0.05, 0.1) is 6.61 Å². The first kappa shape index (κ1) is 21.6.